The van der Waals surface area contributed by atoms with E-state index in [4.69, 9.17) is 10.2 Å². The summed E-state index contributed by atoms with van der Waals surface area (Å²) in [5.41, 5.74) is 7.14. The van der Waals surface area contributed by atoms with Gasteiger partial charge in [-0.2, -0.15) is 13.2 Å². The first-order chi connectivity index (χ1) is 14.8. The second kappa shape index (κ2) is 8.27. The van der Waals surface area contributed by atoms with Crippen molar-refractivity contribution in [2.45, 2.75) is 12.6 Å². The van der Waals surface area contributed by atoms with E-state index in [1.54, 1.807) is 36.5 Å². The molecule has 0 spiro atoms. The topological polar surface area (TPSA) is 81.2 Å². The summed E-state index contributed by atoms with van der Waals surface area (Å²) in [6.07, 6.45) is -2.37. The molecule has 0 bridgehead atoms. The maximum Gasteiger partial charge on any atom is 0.416 e. The highest BCUT2D eigenvalue weighted by Gasteiger charge is 2.29. The number of amides is 1. The second-order valence-electron chi connectivity index (χ2n) is 6.75. The smallest absolute Gasteiger partial charge is 0.416 e. The van der Waals surface area contributed by atoms with Crippen LogP contribution in [-0.2, 0) is 12.6 Å². The molecule has 0 saturated heterocycles. The number of nitrogen functional groups attached to an aromatic ring is 1. The minimum atomic E-state index is -4.36. The molecule has 0 aliphatic carbocycles. The van der Waals surface area contributed by atoms with E-state index in [9.17, 15) is 18.0 Å². The van der Waals surface area contributed by atoms with Crippen LogP contribution in [0.2, 0.25) is 0 Å². The number of carbonyl (C=O) groups excluding carboxylic acids is 1. The Labute approximate surface area is 179 Å². The molecule has 9 heteroatoms. The van der Waals surface area contributed by atoms with Crippen LogP contribution < -0.4 is 11.1 Å². The predicted octanol–water partition coefficient (Wildman–Crippen LogP) is 5.85. The number of anilines is 2. The Balaban J connectivity index is 1.40. The van der Waals surface area contributed by atoms with Crippen molar-refractivity contribution in [3.05, 3.63) is 88.6 Å². The molecule has 0 aliphatic rings. The SMILES string of the molecule is Nc1cccc(-c2ccc(C(=O)Nc3ncc(Cc4ccc(C(F)(F)F)cc4)s3)o2)c1. The Morgan fingerprint density at radius 1 is 1.10 bits per heavy atom. The fourth-order valence-electron chi connectivity index (χ4n) is 2.93. The molecule has 2 heterocycles. The van der Waals surface area contributed by atoms with Gasteiger partial charge in [-0.25, -0.2) is 4.98 Å². The van der Waals surface area contributed by atoms with E-state index < -0.39 is 17.6 Å². The standard InChI is InChI=1S/C22H16F3N3O2S/c23-22(24,25)15-6-4-13(5-7-15)10-17-12-27-21(31-17)28-20(29)19-9-8-18(30-19)14-2-1-3-16(26)11-14/h1-9,11-12H,10,26H2,(H,27,28,29). The molecular weight excluding hydrogens is 427 g/mol. The van der Waals surface area contributed by atoms with Gasteiger partial charge in [0.15, 0.2) is 10.9 Å². The Kier molecular flexibility index (Phi) is 5.51. The normalized spacial score (nSPS) is 11.5. The number of hydrogen-bond donors (Lipinski definition) is 2. The maximum atomic E-state index is 12.7. The summed E-state index contributed by atoms with van der Waals surface area (Å²) in [5.74, 6) is 0.182. The van der Waals surface area contributed by atoms with Crippen molar-refractivity contribution >= 4 is 28.1 Å². The van der Waals surface area contributed by atoms with Crippen LogP contribution in [0.4, 0.5) is 24.0 Å². The molecule has 0 saturated carbocycles. The van der Waals surface area contributed by atoms with Gasteiger partial charge in [0, 0.05) is 28.7 Å². The third-order valence-corrected chi connectivity index (χ3v) is 5.35. The van der Waals surface area contributed by atoms with E-state index in [2.05, 4.69) is 10.3 Å². The lowest BCUT2D eigenvalue weighted by Crippen LogP contribution is -2.10. The van der Waals surface area contributed by atoms with Crippen molar-refractivity contribution in [3.63, 3.8) is 0 Å². The molecule has 0 fully saturated rings. The van der Waals surface area contributed by atoms with Crippen LogP contribution in [0, 0.1) is 0 Å². The average Bonchev–Trinajstić information content (AvgIpc) is 3.38. The van der Waals surface area contributed by atoms with Gasteiger partial charge in [-0.3, -0.25) is 10.1 Å². The van der Waals surface area contributed by atoms with E-state index in [0.717, 1.165) is 22.6 Å². The van der Waals surface area contributed by atoms with Crippen molar-refractivity contribution in [1.29, 1.82) is 0 Å². The first-order valence-electron chi connectivity index (χ1n) is 9.16. The first kappa shape index (κ1) is 20.7. The number of aromatic nitrogens is 1. The Hall–Kier alpha value is -3.59. The number of furan rings is 1. The summed E-state index contributed by atoms with van der Waals surface area (Å²) in [4.78, 5) is 17.4. The average molecular weight is 443 g/mol. The number of thiazole rings is 1. The van der Waals surface area contributed by atoms with E-state index in [1.165, 1.54) is 23.5 Å². The van der Waals surface area contributed by atoms with Gasteiger partial charge in [-0.1, -0.05) is 24.3 Å². The third kappa shape index (κ3) is 4.95. The minimum Gasteiger partial charge on any atom is -0.451 e. The minimum absolute atomic E-state index is 0.122. The third-order valence-electron chi connectivity index (χ3n) is 4.43. The van der Waals surface area contributed by atoms with Crippen molar-refractivity contribution in [3.8, 4) is 11.3 Å². The lowest BCUT2D eigenvalue weighted by molar-refractivity contribution is -0.137. The molecular formula is C22H16F3N3O2S. The van der Waals surface area contributed by atoms with Gasteiger partial charge < -0.3 is 10.2 Å². The quantitative estimate of drug-likeness (QED) is 0.379. The molecule has 1 amide bonds. The summed E-state index contributed by atoms with van der Waals surface area (Å²) in [5, 5.41) is 3.04. The fourth-order valence-corrected chi connectivity index (χ4v) is 3.77. The van der Waals surface area contributed by atoms with Crippen molar-refractivity contribution in [1.82, 2.24) is 4.98 Å². The summed E-state index contributed by atoms with van der Waals surface area (Å²) >= 11 is 1.24. The maximum absolute atomic E-state index is 12.7. The number of carbonyl (C=O) groups is 1. The van der Waals surface area contributed by atoms with Gasteiger partial charge in [0.2, 0.25) is 0 Å². The van der Waals surface area contributed by atoms with Crippen molar-refractivity contribution < 1.29 is 22.4 Å². The summed E-state index contributed by atoms with van der Waals surface area (Å²) in [7, 11) is 0. The molecule has 0 unspecified atom stereocenters. The molecule has 2 aromatic heterocycles. The summed E-state index contributed by atoms with van der Waals surface area (Å²) < 4.78 is 43.6. The number of rotatable bonds is 5. The zero-order valence-corrected chi connectivity index (χ0v) is 16.8. The molecule has 0 radical (unpaired) electrons. The van der Waals surface area contributed by atoms with Crippen molar-refractivity contribution in [2.24, 2.45) is 0 Å². The number of nitrogens with one attached hydrogen (secondary N) is 1. The van der Waals surface area contributed by atoms with Crippen LogP contribution >= 0.6 is 11.3 Å². The lowest BCUT2D eigenvalue weighted by atomic mass is 10.1. The van der Waals surface area contributed by atoms with Gasteiger partial charge >= 0.3 is 6.18 Å². The van der Waals surface area contributed by atoms with Crippen LogP contribution in [-0.4, -0.2) is 10.9 Å². The first-order valence-corrected chi connectivity index (χ1v) is 9.97. The van der Waals surface area contributed by atoms with Gasteiger partial charge in [0.25, 0.3) is 5.91 Å². The Bertz CT molecular complexity index is 1210. The van der Waals surface area contributed by atoms with E-state index in [0.29, 0.717) is 28.6 Å². The second-order valence-corrected chi connectivity index (χ2v) is 7.86. The van der Waals surface area contributed by atoms with E-state index >= 15 is 0 Å². The van der Waals surface area contributed by atoms with Gasteiger partial charge in [-0.05, 0) is 42.0 Å². The molecule has 3 N–H and O–H groups in total. The van der Waals surface area contributed by atoms with Gasteiger partial charge in [0.1, 0.15) is 5.76 Å². The molecule has 5 nitrogen and oxygen atoms in total. The Morgan fingerprint density at radius 3 is 2.58 bits per heavy atom. The molecule has 0 atom stereocenters. The number of alkyl halides is 3. The Morgan fingerprint density at radius 2 is 1.87 bits per heavy atom. The summed E-state index contributed by atoms with van der Waals surface area (Å²) in [6.45, 7) is 0. The molecule has 4 rings (SSSR count). The highest BCUT2D eigenvalue weighted by atomic mass is 32.1. The number of nitrogens with zero attached hydrogens (tertiary/aromatic N) is 1. The van der Waals surface area contributed by atoms with Crippen LogP contribution in [0.1, 0.15) is 26.6 Å². The van der Waals surface area contributed by atoms with E-state index in [-0.39, 0.29) is 5.76 Å². The van der Waals surface area contributed by atoms with Crippen LogP contribution in [0.5, 0.6) is 0 Å². The molecule has 31 heavy (non-hydrogen) atoms. The monoisotopic (exact) mass is 443 g/mol. The largest absolute Gasteiger partial charge is 0.451 e. The number of halogens is 3. The van der Waals surface area contributed by atoms with Crippen LogP contribution in [0.3, 0.4) is 0 Å². The zero-order chi connectivity index (χ0) is 22.0. The number of benzene rings is 2. The predicted molar refractivity (Wildman–Crippen MR) is 113 cm³/mol. The molecule has 2 aromatic carbocycles. The highest BCUT2D eigenvalue weighted by molar-refractivity contribution is 7.15. The number of nitrogens with two attached hydrogens (primary N) is 1. The molecule has 0 aliphatic heterocycles. The van der Waals surface area contributed by atoms with E-state index in [1.807, 2.05) is 6.07 Å². The fraction of sp³-hybridized carbons (Fsp3) is 0.0909. The lowest BCUT2D eigenvalue weighted by Gasteiger charge is -2.06. The molecule has 4 aromatic rings. The van der Waals surface area contributed by atoms with Crippen LogP contribution in [0.15, 0.2) is 71.3 Å². The number of hydrogen-bond acceptors (Lipinski definition) is 5. The zero-order valence-electron chi connectivity index (χ0n) is 15.9. The van der Waals surface area contributed by atoms with Gasteiger partial charge in [0.05, 0.1) is 5.56 Å². The highest BCUT2D eigenvalue weighted by Crippen LogP contribution is 2.30. The summed E-state index contributed by atoms with van der Waals surface area (Å²) in [6, 6.07) is 15.3. The van der Waals surface area contributed by atoms with Crippen LogP contribution in [0.25, 0.3) is 11.3 Å². The van der Waals surface area contributed by atoms with Gasteiger partial charge in [-0.15, -0.1) is 11.3 Å². The molecule has 158 valence electrons. The van der Waals surface area contributed by atoms with Crippen molar-refractivity contribution in [2.75, 3.05) is 11.1 Å².